The van der Waals surface area contributed by atoms with Crippen LogP contribution in [0.5, 0.6) is 0 Å². The second-order valence-corrected chi connectivity index (χ2v) is 7.16. The number of morpholine rings is 1. The normalized spacial score (nSPS) is 14.9. The summed E-state index contributed by atoms with van der Waals surface area (Å²) in [7, 11) is 0. The number of hydrogen-bond acceptors (Lipinski definition) is 6. The topological polar surface area (TPSA) is 68.1 Å². The number of benzene rings is 1. The molecule has 1 saturated heterocycles. The van der Waals surface area contributed by atoms with E-state index in [1.54, 1.807) is 12.4 Å². The molecule has 0 atom stereocenters. The van der Waals surface area contributed by atoms with Crippen molar-refractivity contribution < 1.29 is 4.74 Å². The molecule has 7 nitrogen and oxygen atoms in total. The van der Waals surface area contributed by atoms with Crippen LogP contribution in [-0.4, -0.2) is 51.0 Å². The maximum atomic E-state index is 5.43. The first-order chi connectivity index (χ1) is 13.7. The summed E-state index contributed by atoms with van der Waals surface area (Å²) in [5.41, 5.74) is 4.56. The van der Waals surface area contributed by atoms with Crippen molar-refractivity contribution in [3.63, 3.8) is 0 Å². The number of nitrogens with one attached hydrogen (secondary N) is 1. The number of anilines is 1. The van der Waals surface area contributed by atoms with Crippen LogP contribution in [0.15, 0.2) is 42.7 Å². The molecule has 0 saturated carbocycles. The van der Waals surface area contributed by atoms with Gasteiger partial charge in [-0.15, -0.1) is 0 Å². The molecule has 3 aromatic rings. The van der Waals surface area contributed by atoms with Gasteiger partial charge in [-0.05, 0) is 31.0 Å². The average Bonchev–Trinajstić information content (AvgIpc) is 3.06. The van der Waals surface area contributed by atoms with Gasteiger partial charge in [0.2, 0.25) is 0 Å². The fourth-order valence-corrected chi connectivity index (χ4v) is 3.45. The van der Waals surface area contributed by atoms with Crippen molar-refractivity contribution in [3.8, 4) is 5.82 Å². The van der Waals surface area contributed by atoms with Crippen LogP contribution in [0.4, 0.5) is 5.82 Å². The summed E-state index contributed by atoms with van der Waals surface area (Å²) in [6, 6.07) is 10.7. The van der Waals surface area contributed by atoms with Crippen LogP contribution < -0.4 is 5.32 Å². The summed E-state index contributed by atoms with van der Waals surface area (Å²) in [4.78, 5) is 11.4. The number of aryl methyl sites for hydroxylation is 2. The van der Waals surface area contributed by atoms with Gasteiger partial charge in [0.05, 0.1) is 31.3 Å². The molecule has 1 aliphatic rings. The van der Waals surface area contributed by atoms with Gasteiger partial charge in [-0.2, -0.15) is 5.10 Å². The highest BCUT2D eigenvalue weighted by molar-refractivity contribution is 5.38. The first kappa shape index (κ1) is 18.6. The minimum absolute atomic E-state index is 0.701. The first-order valence-electron chi connectivity index (χ1n) is 9.65. The molecule has 146 valence electrons. The standard InChI is InChI=1S/C21H26N6O/c1-16-10-17(2)27(25-16)21-14-22-13-20(24-21)23-12-18-4-3-5-19(11-18)15-26-6-8-28-9-7-26/h3-5,10-11,13-14H,6-9,12,15H2,1-2H3,(H,23,24). The fourth-order valence-electron chi connectivity index (χ4n) is 3.45. The Morgan fingerprint density at radius 3 is 2.68 bits per heavy atom. The SMILES string of the molecule is Cc1cc(C)n(-c2cncc(NCc3cccc(CN4CCOCC4)c3)n2)n1. The molecule has 28 heavy (non-hydrogen) atoms. The van der Waals surface area contributed by atoms with Crippen LogP contribution in [0.25, 0.3) is 5.82 Å². The van der Waals surface area contributed by atoms with Crippen molar-refractivity contribution in [3.05, 3.63) is 65.2 Å². The molecule has 1 aromatic carbocycles. The van der Waals surface area contributed by atoms with Crippen LogP contribution in [-0.2, 0) is 17.8 Å². The zero-order valence-electron chi connectivity index (χ0n) is 16.4. The Hall–Kier alpha value is -2.77. The third-order valence-corrected chi connectivity index (χ3v) is 4.82. The van der Waals surface area contributed by atoms with Gasteiger partial charge < -0.3 is 10.1 Å². The Labute approximate surface area is 165 Å². The smallest absolute Gasteiger partial charge is 0.174 e. The summed E-state index contributed by atoms with van der Waals surface area (Å²) in [6.07, 6.45) is 3.47. The van der Waals surface area contributed by atoms with Crippen molar-refractivity contribution >= 4 is 5.82 Å². The largest absolute Gasteiger partial charge is 0.379 e. The number of nitrogens with zero attached hydrogens (tertiary/aromatic N) is 5. The van der Waals surface area contributed by atoms with Gasteiger partial charge in [0.15, 0.2) is 5.82 Å². The lowest BCUT2D eigenvalue weighted by atomic mass is 10.1. The second-order valence-electron chi connectivity index (χ2n) is 7.16. The quantitative estimate of drug-likeness (QED) is 0.711. The molecule has 1 aliphatic heterocycles. The maximum absolute atomic E-state index is 5.43. The molecule has 1 N–H and O–H groups in total. The van der Waals surface area contributed by atoms with E-state index in [1.807, 2.05) is 24.6 Å². The van der Waals surface area contributed by atoms with Crippen LogP contribution >= 0.6 is 0 Å². The summed E-state index contributed by atoms with van der Waals surface area (Å²) in [6.45, 7) is 9.30. The molecule has 0 bridgehead atoms. The molecular weight excluding hydrogens is 352 g/mol. The first-order valence-corrected chi connectivity index (χ1v) is 9.65. The van der Waals surface area contributed by atoms with E-state index in [9.17, 15) is 0 Å². The Kier molecular flexibility index (Phi) is 5.64. The molecule has 0 amide bonds. The minimum Gasteiger partial charge on any atom is -0.379 e. The molecule has 1 fully saturated rings. The van der Waals surface area contributed by atoms with Crippen molar-refractivity contribution in [1.82, 2.24) is 24.6 Å². The third-order valence-electron chi connectivity index (χ3n) is 4.82. The zero-order valence-corrected chi connectivity index (χ0v) is 16.4. The van der Waals surface area contributed by atoms with E-state index in [0.717, 1.165) is 55.9 Å². The van der Waals surface area contributed by atoms with Crippen LogP contribution in [0.3, 0.4) is 0 Å². The van der Waals surface area contributed by atoms with Gasteiger partial charge in [-0.3, -0.25) is 9.88 Å². The monoisotopic (exact) mass is 378 g/mol. The van der Waals surface area contributed by atoms with Gasteiger partial charge in [-0.25, -0.2) is 9.67 Å². The van der Waals surface area contributed by atoms with Gasteiger partial charge in [0.25, 0.3) is 0 Å². The van der Waals surface area contributed by atoms with E-state index >= 15 is 0 Å². The maximum Gasteiger partial charge on any atom is 0.174 e. The average molecular weight is 378 g/mol. The predicted octanol–water partition coefficient (Wildman–Crippen LogP) is 2.72. The van der Waals surface area contributed by atoms with Gasteiger partial charge in [0, 0.05) is 31.9 Å². The molecule has 0 radical (unpaired) electrons. The third kappa shape index (κ3) is 4.55. The van der Waals surface area contributed by atoms with Crippen LogP contribution in [0.2, 0.25) is 0 Å². The molecule has 4 rings (SSSR count). The highest BCUT2D eigenvalue weighted by atomic mass is 16.5. The Morgan fingerprint density at radius 1 is 1.07 bits per heavy atom. The number of ether oxygens (including phenoxy) is 1. The summed E-state index contributed by atoms with van der Waals surface area (Å²) in [5.74, 6) is 1.46. The highest BCUT2D eigenvalue weighted by Crippen LogP contribution is 2.14. The van der Waals surface area contributed by atoms with Crippen LogP contribution in [0.1, 0.15) is 22.5 Å². The summed E-state index contributed by atoms with van der Waals surface area (Å²) in [5, 5.41) is 7.86. The number of aromatic nitrogens is 4. The minimum atomic E-state index is 0.701. The lowest BCUT2D eigenvalue weighted by Gasteiger charge is -2.26. The van der Waals surface area contributed by atoms with E-state index in [-0.39, 0.29) is 0 Å². The van der Waals surface area contributed by atoms with Crippen molar-refractivity contribution in [2.24, 2.45) is 0 Å². The lowest BCUT2D eigenvalue weighted by Crippen LogP contribution is -2.35. The summed E-state index contributed by atoms with van der Waals surface area (Å²) >= 11 is 0. The Morgan fingerprint density at radius 2 is 1.89 bits per heavy atom. The zero-order chi connectivity index (χ0) is 19.3. The molecule has 0 spiro atoms. The number of rotatable bonds is 6. The number of hydrogen-bond donors (Lipinski definition) is 1. The molecule has 0 aliphatic carbocycles. The van der Waals surface area contributed by atoms with E-state index in [4.69, 9.17) is 4.74 Å². The van der Waals surface area contributed by atoms with E-state index in [1.165, 1.54) is 11.1 Å². The Balaban J connectivity index is 1.41. The van der Waals surface area contributed by atoms with Gasteiger partial charge in [0.1, 0.15) is 5.82 Å². The summed E-state index contributed by atoms with van der Waals surface area (Å²) < 4.78 is 7.24. The molecule has 0 unspecified atom stereocenters. The van der Waals surface area contributed by atoms with E-state index in [2.05, 4.69) is 49.5 Å². The molecule has 7 heteroatoms. The Bertz CT molecular complexity index is 932. The van der Waals surface area contributed by atoms with Gasteiger partial charge in [-0.1, -0.05) is 24.3 Å². The van der Waals surface area contributed by atoms with Crippen molar-refractivity contribution in [2.75, 3.05) is 31.6 Å². The molecule has 3 heterocycles. The highest BCUT2D eigenvalue weighted by Gasteiger charge is 2.11. The molecule has 2 aromatic heterocycles. The van der Waals surface area contributed by atoms with Crippen molar-refractivity contribution in [1.29, 1.82) is 0 Å². The van der Waals surface area contributed by atoms with E-state index < -0.39 is 0 Å². The fraction of sp³-hybridized carbons (Fsp3) is 0.381. The van der Waals surface area contributed by atoms with E-state index in [0.29, 0.717) is 6.54 Å². The van der Waals surface area contributed by atoms with Crippen molar-refractivity contribution in [2.45, 2.75) is 26.9 Å². The second kappa shape index (κ2) is 8.50. The predicted molar refractivity (Wildman–Crippen MR) is 108 cm³/mol. The molecular formula is C21H26N6O. The van der Waals surface area contributed by atoms with Crippen LogP contribution in [0, 0.1) is 13.8 Å². The van der Waals surface area contributed by atoms with Gasteiger partial charge >= 0.3 is 0 Å². The lowest BCUT2D eigenvalue weighted by molar-refractivity contribution is 0.0342.